The Morgan fingerprint density at radius 1 is 1.73 bits per heavy atom. The van der Waals surface area contributed by atoms with Crippen molar-refractivity contribution in [2.24, 2.45) is 12.8 Å². The van der Waals surface area contributed by atoms with Crippen molar-refractivity contribution >= 4 is 0 Å². The van der Waals surface area contributed by atoms with E-state index in [4.69, 9.17) is 5.73 Å². The number of hydrogen-bond donors (Lipinski definition) is 1. The first-order chi connectivity index (χ1) is 5.25. The molecule has 11 heavy (non-hydrogen) atoms. The molecule has 0 fully saturated rings. The maximum absolute atomic E-state index is 5.83. The fourth-order valence-corrected chi connectivity index (χ4v) is 1.07. The van der Waals surface area contributed by atoms with E-state index in [1.54, 1.807) is 6.33 Å². The van der Waals surface area contributed by atoms with Gasteiger partial charge in [0.05, 0.1) is 6.04 Å². The lowest BCUT2D eigenvalue weighted by Crippen LogP contribution is -2.14. The average Bonchev–Trinajstić information content (AvgIpc) is 2.36. The number of rotatable bonds is 3. The van der Waals surface area contributed by atoms with Crippen LogP contribution in [0.3, 0.4) is 0 Å². The van der Waals surface area contributed by atoms with Gasteiger partial charge in [-0.1, -0.05) is 13.3 Å². The number of nitrogens with two attached hydrogens (primary N) is 1. The summed E-state index contributed by atoms with van der Waals surface area (Å²) in [5.41, 5.74) is 5.83. The van der Waals surface area contributed by atoms with Crippen LogP contribution in [0.2, 0.25) is 0 Å². The minimum atomic E-state index is 0.0347. The SMILES string of the molecule is CCC[C@H](N)c1nncn1C. The minimum absolute atomic E-state index is 0.0347. The molecule has 0 bridgehead atoms. The molecule has 0 amide bonds. The maximum atomic E-state index is 5.83. The third-order valence-corrected chi connectivity index (χ3v) is 1.68. The summed E-state index contributed by atoms with van der Waals surface area (Å²) in [4.78, 5) is 0. The first-order valence-electron chi connectivity index (χ1n) is 3.85. The van der Waals surface area contributed by atoms with Gasteiger partial charge in [0, 0.05) is 7.05 Å². The van der Waals surface area contributed by atoms with Crippen LogP contribution in [0.25, 0.3) is 0 Å². The van der Waals surface area contributed by atoms with Crippen molar-refractivity contribution in [1.82, 2.24) is 14.8 Å². The van der Waals surface area contributed by atoms with E-state index >= 15 is 0 Å². The second-order valence-corrected chi connectivity index (χ2v) is 2.70. The molecule has 4 heteroatoms. The molecule has 0 aliphatic rings. The second-order valence-electron chi connectivity index (χ2n) is 2.70. The van der Waals surface area contributed by atoms with Crippen molar-refractivity contribution in [2.45, 2.75) is 25.8 Å². The van der Waals surface area contributed by atoms with Crippen molar-refractivity contribution in [3.8, 4) is 0 Å². The van der Waals surface area contributed by atoms with Gasteiger partial charge in [0.25, 0.3) is 0 Å². The van der Waals surface area contributed by atoms with E-state index in [0.717, 1.165) is 18.7 Å². The normalized spacial score (nSPS) is 13.4. The van der Waals surface area contributed by atoms with Crippen molar-refractivity contribution in [2.75, 3.05) is 0 Å². The molecule has 4 nitrogen and oxygen atoms in total. The Morgan fingerprint density at radius 2 is 2.45 bits per heavy atom. The highest BCUT2D eigenvalue weighted by Gasteiger charge is 2.09. The van der Waals surface area contributed by atoms with E-state index in [1.807, 2.05) is 11.6 Å². The summed E-state index contributed by atoms with van der Waals surface area (Å²) in [5.74, 6) is 0.867. The van der Waals surface area contributed by atoms with Crippen LogP contribution >= 0.6 is 0 Å². The molecular formula is C7H14N4. The van der Waals surface area contributed by atoms with E-state index in [1.165, 1.54) is 0 Å². The van der Waals surface area contributed by atoms with Gasteiger partial charge in [-0.2, -0.15) is 0 Å². The molecule has 0 aliphatic heterocycles. The van der Waals surface area contributed by atoms with Crippen LogP contribution in [0, 0.1) is 0 Å². The summed E-state index contributed by atoms with van der Waals surface area (Å²) in [6.07, 6.45) is 3.71. The van der Waals surface area contributed by atoms with E-state index in [9.17, 15) is 0 Å². The Hall–Kier alpha value is -0.900. The van der Waals surface area contributed by atoms with Crippen LogP contribution in [0.5, 0.6) is 0 Å². The Balaban J connectivity index is 2.67. The van der Waals surface area contributed by atoms with Crippen molar-refractivity contribution < 1.29 is 0 Å². The molecule has 1 aromatic rings. The van der Waals surface area contributed by atoms with Gasteiger partial charge in [-0.3, -0.25) is 0 Å². The van der Waals surface area contributed by atoms with Crippen molar-refractivity contribution in [3.63, 3.8) is 0 Å². The molecule has 0 aromatic carbocycles. The molecule has 62 valence electrons. The molecule has 0 aliphatic carbocycles. The van der Waals surface area contributed by atoms with Gasteiger partial charge in [-0.15, -0.1) is 10.2 Å². The highest BCUT2D eigenvalue weighted by Crippen LogP contribution is 2.10. The second kappa shape index (κ2) is 3.48. The summed E-state index contributed by atoms with van der Waals surface area (Å²) < 4.78 is 1.86. The molecule has 1 atom stereocenters. The summed E-state index contributed by atoms with van der Waals surface area (Å²) in [6.45, 7) is 2.11. The lowest BCUT2D eigenvalue weighted by molar-refractivity contribution is 0.578. The molecule has 2 N–H and O–H groups in total. The van der Waals surface area contributed by atoms with Gasteiger partial charge in [-0.25, -0.2) is 0 Å². The highest BCUT2D eigenvalue weighted by molar-refractivity contribution is 4.91. The van der Waals surface area contributed by atoms with E-state index in [0.29, 0.717) is 0 Å². The van der Waals surface area contributed by atoms with Crippen LogP contribution < -0.4 is 5.73 Å². The number of aromatic nitrogens is 3. The standard InChI is InChI=1S/C7H14N4/c1-3-4-6(8)7-10-9-5-11(7)2/h5-6H,3-4,8H2,1-2H3/t6-/m0/s1. The molecule has 1 heterocycles. The van der Waals surface area contributed by atoms with E-state index in [2.05, 4.69) is 17.1 Å². The largest absolute Gasteiger partial charge is 0.321 e. The first kappa shape index (κ1) is 8.20. The van der Waals surface area contributed by atoms with Crippen molar-refractivity contribution in [1.29, 1.82) is 0 Å². The lowest BCUT2D eigenvalue weighted by atomic mass is 10.2. The number of hydrogen-bond acceptors (Lipinski definition) is 3. The molecular weight excluding hydrogens is 140 g/mol. The maximum Gasteiger partial charge on any atom is 0.149 e. The zero-order chi connectivity index (χ0) is 8.27. The molecule has 1 rings (SSSR count). The summed E-state index contributed by atoms with van der Waals surface area (Å²) in [6, 6.07) is 0.0347. The fraction of sp³-hybridized carbons (Fsp3) is 0.714. The summed E-state index contributed by atoms with van der Waals surface area (Å²) in [5, 5.41) is 7.68. The van der Waals surface area contributed by atoms with E-state index < -0.39 is 0 Å². The summed E-state index contributed by atoms with van der Waals surface area (Å²) >= 11 is 0. The third kappa shape index (κ3) is 1.77. The molecule has 0 saturated carbocycles. The Bertz CT molecular complexity index is 218. The van der Waals surface area contributed by atoms with Gasteiger partial charge in [0.2, 0.25) is 0 Å². The van der Waals surface area contributed by atoms with Gasteiger partial charge in [0.15, 0.2) is 0 Å². The number of nitrogens with zero attached hydrogens (tertiary/aromatic N) is 3. The highest BCUT2D eigenvalue weighted by atomic mass is 15.3. The van der Waals surface area contributed by atoms with Crippen LogP contribution in [0.1, 0.15) is 31.6 Å². The number of aryl methyl sites for hydroxylation is 1. The van der Waals surface area contributed by atoms with Crippen LogP contribution in [-0.4, -0.2) is 14.8 Å². The fourth-order valence-electron chi connectivity index (χ4n) is 1.07. The van der Waals surface area contributed by atoms with Gasteiger partial charge >= 0.3 is 0 Å². The third-order valence-electron chi connectivity index (χ3n) is 1.68. The molecule has 0 saturated heterocycles. The van der Waals surface area contributed by atoms with E-state index in [-0.39, 0.29) is 6.04 Å². The Kier molecular flexibility index (Phi) is 2.59. The first-order valence-corrected chi connectivity index (χ1v) is 3.85. The monoisotopic (exact) mass is 154 g/mol. The van der Waals surface area contributed by atoms with Crippen molar-refractivity contribution in [3.05, 3.63) is 12.2 Å². The molecule has 0 unspecified atom stereocenters. The van der Waals surface area contributed by atoms with Crippen LogP contribution in [-0.2, 0) is 7.05 Å². The van der Waals surface area contributed by atoms with Crippen LogP contribution in [0.15, 0.2) is 6.33 Å². The predicted octanol–water partition coefficient (Wildman–Crippen LogP) is 0.615. The Morgan fingerprint density at radius 3 is 2.91 bits per heavy atom. The predicted molar refractivity (Wildman–Crippen MR) is 42.8 cm³/mol. The molecule has 1 aromatic heterocycles. The van der Waals surface area contributed by atoms with Gasteiger partial charge < -0.3 is 10.3 Å². The zero-order valence-electron chi connectivity index (χ0n) is 6.99. The Labute approximate surface area is 66.4 Å². The van der Waals surface area contributed by atoms with Gasteiger partial charge in [-0.05, 0) is 6.42 Å². The smallest absolute Gasteiger partial charge is 0.149 e. The quantitative estimate of drug-likeness (QED) is 0.694. The van der Waals surface area contributed by atoms with Gasteiger partial charge in [0.1, 0.15) is 12.2 Å². The molecule has 0 spiro atoms. The zero-order valence-corrected chi connectivity index (χ0v) is 6.99. The topological polar surface area (TPSA) is 56.7 Å². The molecule has 0 radical (unpaired) electrons. The lowest BCUT2D eigenvalue weighted by Gasteiger charge is -2.07. The minimum Gasteiger partial charge on any atom is -0.321 e. The van der Waals surface area contributed by atoms with Crippen LogP contribution in [0.4, 0.5) is 0 Å². The average molecular weight is 154 g/mol. The summed E-state index contributed by atoms with van der Waals surface area (Å²) in [7, 11) is 1.91.